The number of carboxylic acid groups (broad SMARTS) is 1. The van der Waals surface area contributed by atoms with Gasteiger partial charge in [0.15, 0.2) is 6.61 Å². The minimum atomic E-state index is -1.33. The summed E-state index contributed by atoms with van der Waals surface area (Å²) in [5, 5.41) is 12.3. The van der Waals surface area contributed by atoms with Crippen LogP contribution in [0.15, 0.2) is 24.3 Å². The molecule has 0 saturated carbocycles. The van der Waals surface area contributed by atoms with Crippen LogP contribution in [-0.4, -0.2) is 25.0 Å². The Bertz CT molecular complexity index is 412. The van der Waals surface area contributed by atoms with Crippen molar-refractivity contribution in [2.24, 2.45) is 0 Å². The number of amides is 1. The highest BCUT2D eigenvalue weighted by atomic mass is 16.5. The van der Waals surface area contributed by atoms with E-state index in [4.69, 9.17) is 4.74 Å². The Morgan fingerprint density at radius 3 is 2.39 bits per heavy atom. The van der Waals surface area contributed by atoms with Crippen molar-refractivity contribution < 1.29 is 19.4 Å². The maximum Gasteiger partial charge on any atom is 0.258 e. The molecule has 98 valence electrons. The van der Waals surface area contributed by atoms with Crippen molar-refractivity contribution in [3.63, 3.8) is 0 Å². The fourth-order valence-electron chi connectivity index (χ4n) is 1.32. The van der Waals surface area contributed by atoms with Crippen LogP contribution >= 0.6 is 0 Å². The van der Waals surface area contributed by atoms with Crippen LogP contribution in [0, 0.1) is 0 Å². The van der Waals surface area contributed by atoms with Gasteiger partial charge >= 0.3 is 0 Å². The average molecular weight is 250 g/mol. The van der Waals surface area contributed by atoms with E-state index in [2.05, 4.69) is 19.2 Å². The molecule has 0 saturated heterocycles. The second kappa shape index (κ2) is 6.64. The first-order valence-corrected chi connectivity index (χ1v) is 5.68. The maximum absolute atomic E-state index is 11.2. The van der Waals surface area contributed by atoms with Gasteiger partial charge in [-0.3, -0.25) is 4.79 Å². The van der Waals surface area contributed by atoms with Crippen molar-refractivity contribution in [1.29, 1.82) is 0 Å². The van der Waals surface area contributed by atoms with E-state index in [9.17, 15) is 14.7 Å². The van der Waals surface area contributed by atoms with Crippen molar-refractivity contribution in [3.8, 4) is 5.75 Å². The van der Waals surface area contributed by atoms with E-state index in [0.717, 1.165) is 0 Å². The van der Waals surface area contributed by atoms with Gasteiger partial charge in [0, 0.05) is 0 Å². The third-order valence-electron chi connectivity index (χ3n) is 2.35. The minimum absolute atomic E-state index is 0.214. The molecule has 0 fully saturated rings. The first-order chi connectivity index (χ1) is 8.49. The predicted molar refractivity (Wildman–Crippen MR) is 64.0 cm³/mol. The fourth-order valence-corrected chi connectivity index (χ4v) is 1.32. The number of carbonyl (C=O) groups excluding carboxylic acids is 2. The minimum Gasteiger partial charge on any atom is -0.548 e. The standard InChI is InChI=1S/C13H17NO4/c1-9(2)10-3-5-11(6-4-10)18-8-12(15)14-7-13(16)17/h3-6,9H,7-8H2,1-2H3,(H,14,15)(H,16,17)/p-1. The second-order valence-electron chi connectivity index (χ2n) is 4.16. The van der Waals surface area contributed by atoms with Gasteiger partial charge in [-0.15, -0.1) is 0 Å². The van der Waals surface area contributed by atoms with E-state index in [0.29, 0.717) is 11.7 Å². The molecule has 0 bridgehead atoms. The normalized spacial score (nSPS) is 10.2. The largest absolute Gasteiger partial charge is 0.548 e. The van der Waals surface area contributed by atoms with Gasteiger partial charge in [-0.2, -0.15) is 0 Å². The molecule has 0 unspecified atom stereocenters. The number of benzene rings is 1. The fraction of sp³-hybridized carbons (Fsp3) is 0.385. The molecule has 5 heteroatoms. The monoisotopic (exact) mass is 250 g/mol. The molecule has 0 aromatic heterocycles. The Labute approximate surface area is 106 Å². The van der Waals surface area contributed by atoms with Gasteiger partial charge in [0.25, 0.3) is 5.91 Å². The van der Waals surface area contributed by atoms with Crippen LogP contribution in [-0.2, 0) is 9.59 Å². The molecule has 1 rings (SSSR count). The highest BCUT2D eigenvalue weighted by Gasteiger charge is 2.03. The summed E-state index contributed by atoms with van der Waals surface area (Å²) >= 11 is 0. The first-order valence-electron chi connectivity index (χ1n) is 5.68. The summed E-state index contributed by atoms with van der Waals surface area (Å²) in [6.45, 7) is 3.45. The summed E-state index contributed by atoms with van der Waals surface area (Å²) in [5.41, 5.74) is 1.18. The van der Waals surface area contributed by atoms with Crippen molar-refractivity contribution >= 4 is 11.9 Å². The molecule has 0 atom stereocenters. The zero-order valence-electron chi connectivity index (χ0n) is 10.4. The highest BCUT2D eigenvalue weighted by Crippen LogP contribution is 2.18. The lowest BCUT2D eigenvalue weighted by Gasteiger charge is -2.09. The van der Waals surface area contributed by atoms with E-state index in [1.807, 2.05) is 12.1 Å². The quantitative estimate of drug-likeness (QED) is 0.774. The molecule has 0 aliphatic heterocycles. The van der Waals surface area contributed by atoms with Gasteiger partial charge in [0.05, 0.1) is 12.5 Å². The Kier molecular flexibility index (Phi) is 5.17. The van der Waals surface area contributed by atoms with Crippen molar-refractivity contribution in [1.82, 2.24) is 5.32 Å². The summed E-state index contributed by atoms with van der Waals surface area (Å²) < 4.78 is 5.21. The zero-order chi connectivity index (χ0) is 13.5. The maximum atomic E-state index is 11.2. The van der Waals surface area contributed by atoms with E-state index in [1.165, 1.54) is 5.56 Å². The van der Waals surface area contributed by atoms with Gasteiger partial charge in [0.2, 0.25) is 0 Å². The lowest BCUT2D eigenvalue weighted by Crippen LogP contribution is -2.39. The van der Waals surface area contributed by atoms with Crippen LogP contribution in [0.25, 0.3) is 0 Å². The number of carbonyl (C=O) groups is 2. The van der Waals surface area contributed by atoms with E-state index >= 15 is 0 Å². The van der Waals surface area contributed by atoms with Gasteiger partial charge in [0.1, 0.15) is 5.75 Å². The molecule has 18 heavy (non-hydrogen) atoms. The van der Waals surface area contributed by atoms with E-state index in [-0.39, 0.29) is 6.61 Å². The molecular weight excluding hydrogens is 234 g/mol. The molecular formula is C13H16NO4-. The predicted octanol–water partition coefficient (Wildman–Crippen LogP) is 0.0549. The lowest BCUT2D eigenvalue weighted by molar-refractivity contribution is -0.304. The molecule has 0 spiro atoms. The molecule has 0 radical (unpaired) electrons. The molecule has 0 heterocycles. The Morgan fingerprint density at radius 1 is 1.28 bits per heavy atom. The highest BCUT2D eigenvalue weighted by molar-refractivity contribution is 5.81. The first kappa shape index (κ1) is 14.0. The van der Waals surface area contributed by atoms with Crippen molar-refractivity contribution in [2.75, 3.05) is 13.2 Å². The number of hydrogen-bond acceptors (Lipinski definition) is 4. The average Bonchev–Trinajstić information content (AvgIpc) is 2.34. The number of rotatable bonds is 6. The van der Waals surface area contributed by atoms with Crippen LogP contribution in [0.1, 0.15) is 25.3 Å². The number of nitrogens with one attached hydrogen (secondary N) is 1. The summed E-state index contributed by atoms with van der Waals surface area (Å²) in [6.07, 6.45) is 0. The van der Waals surface area contributed by atoms with Crippen LogP contribution in [0.5, 0.6) is 5.75 Å². The van der Waals surface area contributed by atoms with E-state index < -0.39 is 18.4 Å². The van der Waals surface area contributed by atoms with E-state index in [1.54, 1.807) is 12.1 Å². The third kappa shape index (κ3) is 4.86. The molecule has 1 amide bonds. The Morgan fingerprint density at radius 2 is 1.89 bits per heavy atom. The second-order valence-corrected chi connectivity index (χ2v) is 4.16. The van der Waals surface area contributed by atoms with Crippen LogP contribution in [0.4, 0.5) is 0 Å². The van der Waals surface area contributed by atoms with Crippen LogP contribution in [0.2, 0.25) is 0 Å². The molecule has 0 aliphatic carbocycles. The van der Waals surface area contributed by atoms with Gasteiger partial charge < -0.3 is 20.0 Å². The molecule has 1 aromatic carbocycles. The molecule has 1 aromatic rings. The summed E-state index contributed by atoms with van der Waals surface area (Å²) in [7, 11) is 0. The van der Waals surface area contributed by atoms with Crippen LogP contribution in [0.3, 0.4) is 0 Å². The topological polar surface area (TPSA) is 78.5 Å². The van der Waals surface area contributed by atoms with Crippen molar-refractivity contribution in [3.05, 3.63) is 29.8 Å². The SMILES string of the molecule is CC(C)c1ccc(OCC(=O)NCC(=O)[O-])cc1. The van der Waals surface area contributed by atoms with Crippen LogP contribution < -0.4 is 15.2 Å². The molecule has 1 N–H and O–H groups in total. The number of carboxylic acids is 1. The number of hydrogen-bond donors (Lipinski definition) is 1. The summed E-state index contributed by atoms with van der Waals surface area (Å²) in [6, 6.07) is 7.42. The summed E-state index contributed by atoms with van der Waals surface area (Å²) in [4.78, 5) is 21.3. The zero-order valence-corrected chi connectivity index (χ0v) is 10.4. The Hall–Kier alpha value is -2.04. The van der Waals surface area contributed by atoms with Gasteiger partial charge in [-0.1, -0.05) is 26.0 Å². The van der Waals surface area contributed by atoms with Crippen molar-refractivity contribution in [2.45, 2.75) is 19.8 Å². The number of ether oxygens (including phenoxy) is 1. The molecule has 5 nitrogen and oxygen atoms in total. The van der Waals surface area contributed by atoms with Gasteiger partial charge in [-0.05, 0) is 23.6 Å². The van der Waals surface area contributed by atoms with Gasteiger partial charge in [-0.25, -0.2) is 0 Å². The summed E-state index contributed by atoms with van der Waals surface area (Å²) in [5.74, 6) is -0.815. The Balaban J connectivity index is 2.39. The molecule has 0 aliphatic rings. The third-order valence-corrected chi connectivity index (χ3v) is 2.35. The smallest absolute Gasteiger partial charge is 0.258 e. The lowest BCUT2D eigenvalue weighted by atomic mass is 10.0. The number of aliphatic carboxylic acids is 1.